The lowest BCUT2D eigenvalue weighted by molar-refractivity contribution is 0.0957. The summed E-state index contributed by atoms with van der Waals surface area (Å²) in [6.45, 7) is 6.24. The molecule has 5 heteroatoms. The Labute approximate surface area is 117 Å². The van der Waals surface area contributed by atoms with Gasteiger partial charge >= 0.3 is 0 Å². The molecule has 0 radical (unpaired) electrons. The number of aromatic nitrogens is 2. The van der Waals surface area contributed by atoms with Crippen LogP contribution in [0.3, 0.4) is 0 Å². The Morgan fingerprint density at radius 1 is 1.39 bits per heavy atom. The van der Waals surface area contributed by atoms with Crippen molar-refractivity contribution >= 4 is 15.9 Å². The molecule has 1 aliphatic heterocycles. The van der Waals surface area contributed by atoms with Crippen molar-refractivity contribution in [3.63, 3.8) is 0 Å². The van der Waals surface area contributed by atoms with Crippen molar-refractivity contribution in [3.05, 3.63) is 15.9 Å². The summed E-state index contributed by atoms with van der Waals surface area (Å²) < 4.78 is 8.38. The number of likely N-dealkylation sites (tertiary alicyclic amines) is 1. The molecule has 4 nitrogen and oxygen atoms in total. The molecule has 0 amide bonds. The lowest BCUT2D eigenvalue weighted by atomic mass is 9.98. The van der Waals surface area contributed by atoms with Crippen molar-refractivity contribution in [3.8, 4) is 0 Å². The third-order valence-corrected chi connectivity index (χ3v) is 4.78. The smallest absolute Gasteiger partial charge is 0.0739 e. The number of rotatable bonds is 4. The van der Waals surface area contributed by atoms with Gasteiger partial charge in [-0.2, -0.15) is 5.10 Å². The number of hydrogen-bond acceptors (Lipinski definition) is 3. The maximum Gasteiger partial charge on any atom is 0.0739 e. The molecule has 102 valence electrons. The minimum atomic E-state index is 0.739. The lowest BCUT2D eigenvalue weighted by Crippen LogP contribution is -2.35. The molecule has 2 heterocycles. The van der Waals surface area contributed by atoms with Crippen LogP contribution in [0, 0.1) is 12.8 Å². The van der Waals surface area contributed by atoms with Gasteiger partial charge in [0, 0.05) is 27.3 Å². The van der Waals surface area contributed by atoms with Gasteiger partial charge in [-0.05, 0) is 54.7 Å². The topological polar surface area (TPSA) is 30.3 Å². The zero-order valence-corrected chi connectivity index (χ0v) is 13.0. The first-order valence-electron chi connectivity index (χ1n) is 6.51. The fraction of sp³-hybridized carbons (Fsp3) is 0.769. The van der Waals surface area contributed by atoms with Crippen molar-refractivity contribution < 1.29 is 4.74 Å². The highest BCUT2D eigenvalue weighted by molar-refractivity contribution is 9.10. The predicted octanol–water partition coefficient (Wildman–Crippen LogP) is 2.35. The summed E-state index contributed by atoms with van der Waals surface area (Å²) in [5.74, 6) is 0.739. The van der Waals surface area contributed by atoms with Crippen LogP contribution < -0.4 is 0 Å². The van der Waals surface area contributed by atoms with E-state index in [2.05, 4.69) is 25.9 Å². The monoisotopic (exact) mass is 315 g/mol. The van der Waals surface area contributed by atoms with Crippen LogP contribution >= 0.6 is 15.9 Å². The molecule has 1 fully saturated rings. The van der Waals surface area contributed by atoms with Crippen molar-refractivity contribution in [1.29, 1.82) is 0 Å². The van der Waals surface area contributed by atoms with Gasteiger partial charge in [0.1, 0.15) is 0 Å². The van der Waals surface area contributed by atoms with Gasteiger partial charge in [-0.3, -0.25) is 9.58 Å². The van der Waals surface area contributed by atoms with Crippen molar-refractivity contribution in [2.24, 2.45) is 13.0 Å². The van der Waals surface area contributed by atoms with Crippen LogP contribution in [0.15, 0.2) is 4.47 Å². The molecule has 0 spiro atoms. The minimum Gasteiger partial charge on any atom is -0.384 e. The molecule has 0 unspecified atom stereocenters. The molecule has 18 heavy (non-hydrogen) atoms. The van der Waals surface area contributed by atoms with Crippen molar-refractivity contribution in [1.82, 2.24) is 14.7 Å². The average Bonchev–Trinajstić information content (AvgIpc) is 2.59. The van der Waals surface area contributed by atoms with E-state index >= 15 is 0 Å². The maximum absolute atomic E-state index is 5.24. The molecule has 0 aliphatic carbocycles. The summed E-state index contributed by atoms with van der Waals surface area (Å²) in [7, 11) is 3.81. The minimum absolute atomic E-state index is 0.739. The Balaban J connectivity index is 1.91. The Hall–Kier alpha value is -0.390. The summed E-state index contributed by atoms with van der Waals surface area (Å²) in [5.41, 5.74) is 2.35. The Morgan fingerprint density at radius 2 is 2.06 bits per heavy atom. The van der Waals surface area contributed by atoms with Crippen molar-refractivity contribution in [2.45, 2.75) is 26.3 Å². The third kappa shape index (κ3) is 3.13. The van der Waals surface area contributed by atoms with Gasteiger partial charge in [0.15, 0.2) is 0 Å². The zero-order chi connectivity index (χ0) is 13.1. The van der Waals surface area contributed by atoms with E-state index in [4.69, 9.17) is 4.74 Å². The van der Waals surface area contributed by atoms with Gasteiger partial charge in [0.2, 0.25) is 0 Å². The first-order valence-corrected chi connectivity index (χ1v) is 7.30. The molecule has 1 aromatic heterocycles. The van der Waals surface area contributed by atoms with E-state index in [1.54, 1.807) is 7.11 Å². The first kappa shape index (κ1) is 14.0. The normalized spacial score (nSPS) is 18.4. The van der Waals surface area contributed by atoms with Gasteiger partial charge in [0.05, 0.1) is 15.9 Å². The van der Waals surface area contributed by atoms with E-state index in [1.807, 2.05) is 18.7 Å². The van der Waals surface area contributed by atoms with Crippen LogP contribution in [0.2, 0.25) is 0 Å². The van der Waals surface area contributed by atoms with E-state index in [-0.39, 0.29) is 0 Å². The maximum atomic E-state index is 5.24. The molecular formula is C13H22BrN3O. The number of halogens is 1. The van der Waals surface area contributed by atoms with Gasteiger partial charge < -0.3 is 4.74 Å². The Bertz CT molecular complexity index is 397. The van der Waals surface area contributed by atoms with E-state index in [1.165, 1.54) is 18.5 Å². The molecule has 1 aliphatic rings. The number of ether oxygens (including phenoxy) is 1. The van der Waals surface area contributed by atoms with Gasteiger partial charge in [-0.15, -0.1) is 0 Å². The summed E-state index contributed by atoms with van der Waals surface area (Å²) in [4.78, 5) is 2.51. The van der Waals surface area contributed by atoms with Crippen LogP contribution in [0.1, 0.15) is 24.2 Å². The van der Waals surface area contributed by atoms with E-state index in [0.29, 0.717) is 0 Å². The van der Waals surface area contributed by atoms with Gasteiger partial charge in [-0.25, -0.2) is 0 Å². The number of hydrogen-bond donors (Lipinski definition) is 0. The Morgan fingerprint density at radius 3 is 2.56 bits per heavy atom. The van der Waals surface area contributed by atoms with E-state index in [0.717, 1.165) is 42.3 Å². The van der Waals surface area contributed by atoms with Crippen LogP contribution in [0.5, 0.6) is 0 Å². The number of nitrogens with zero attached hydrogens (tertiary/aromatic N) is 3. The molecule has 1 aromatic rings. The standard InChI is InChI=1S/C13H22BrN3O/c1-10-13(14)12(16(2)15-10)8-17-6-4-11(5-7-17)9-18-3/h11H,4-9H2,1-3H3. The highest BCUT2D eigenvalue weighted by Crippen LogP contribution is 2.24. The summed E-state index contributed by atoms with van der Waals surface area (Å²) in [5, 5.41) is 4.44. The number of methoxy groups -OCH3 is 1. The van der Waals surface area contributed by atoms with Crippen LogP contribution in [-0.4, -0.2) is 41.5 Å². The summed E-state index contributed by atoms with van der Waals surface area (Å²) in [6, 6.07) is 0. The largest absolute Gasteiger partial charge is 0.384 e. The summed E-state index contributed by atoms with van der Waals surface area (Å²) in [6.07, 6.45) is 2.48. The van der Waals surface area contributed by atoms with Crippen LogP contribution in [0.4, 0.5) is 0 Å². The molecule has 0 saturated carbocycles. The molecule has 0 N–H and O–H groups in total. The highest BCUT2D eigenvalue weighted by Gasteiger charge is 2.21. The molecular weight excluding hydrogens is 294 g/mol. The molecule has 0 aromatic carbocycles. The molecule has 0 bridgehead atoms. The Kier molecular flexibility index (Phi) is 4.81. The van der Waals surface area contributed by atoms with Crippen LogP contribution in [0.25, 0.3) is 0 Å². The fourth-order valence-electron chi connectivity index (χ4n) is 2.61. The van der Waals surface area contributed by atoms with Gasteiger partial charge in [0.25, 0.3) is 0 Å². The molecule has 2 rings (SSSR count). The predicted molar refractivity (Wildman–Crippen MR) is 75.5 cm³/mol. The average molecular weight is 316 g/mol. The van der Waals surface area contributed by atoms with E-state index in [9.17, 15) is 0 Å². The summed E-state index contributed by atoms with van der Waals surface area (Å²) >= 11 is 3.63. The zero-order valence-electron chi connectivity index (χ0n) is 11.4. The molecule has 1 saturated heterocycles. The quantitative estimate of drug-likeness (QED) is 0.854. The van der Waals surface area contributed by atoms with Crippen LogP contribution in [-0.2, 0) is 18.3 Å². The second-order valence-corrected chi connectivity index (χ2v) is 5.94. The molecule has 0 atom stereocenters. The highest BCUT2D eigenvalue weighted by atomic mass is 79.9. The van der Waals surface area contributed by atoms with Gasteiger partial charge in [-0.1, -0.05) is 0 Å². The second-order valence-electron chi connectivity index (χ2n) is 5.14. The van der Waals surface area contributed by atoms with E-state index < -0.39 is 0 Å². The van der Waals surface area contributed by atoms with Crippen molar-refractivity contribution in [2.75, 3.05) is 26.8 Å². The SMILES string of the molecule is COCC1CCN(Cc2c(Br)c(C)nn2C)CC1. The number of aryl methyl sites for hydroxylation is 2. The fourth-order valence-corrected chi connectivity index (χ4v) is 3.07. The first-order chi connectivity index (χ1) is 8.61. The number of piperidine rings is 1. The second kappa shape index (κ2) is 6.17. The third-order valence-electron chi connectivity index (χ3n) is 3.74. The lowest BCUT2D eigenvalue weighted by Gasteiger charge is -2.31.